The number of methoxy groups -OCH3 is 4. The highest BCUT2D eigenvalue weighted by Gasteiger charge is 2.58. The number of hydrogen-bond acceptors (Lipinski definition) is 10. The van der Waals surface area contributed by atoms with Crippen LogP contribution in [0.1, 0.15) is 27.7 Å². The van der Waals surface area contributed by atoms with Crippen molar-refractivity contribution in [2.45, 2.75) is 75.3 Å². The quantitative estimate of drug-likeness (QED) is 0.594. The minimum Gasteiger partial charge on any atom is -0.387 e. The first-order valence-corrected chi connectivity index (χ1v) is 9.15. The van der Waals surface area contributed by atoms with Gasteiger partial charge in [0.2, 0.25) is 23.1 Å². The van der Waals surface area contributed by atoms with Gasteiger partial charge in [-0.3, -0.25) is 0 Å². The van der Waals surface area contributed by atoms with E-state index in [4.69, 9.17) is 37.9 Å². The van der Waals surface area contributed by atoms with E-state index < -0.39 is 47.6 Å². The molecule has 10 nitrogen and oxygen atoms in total. The average Bonchev–Trinajstić information content (AvgIpc) is 2.70. The SMILES string of the molecule is CO[C@]1(C)OC[C@H]([C@@H](O)[C@H](O)[C@H]2CO[C@@](C)(OC)[C@](C)(OC)O2)O[C@@]1(C)OC. The Morgan fingerprint density at radius 1 is 0.643 bits per heavy atom. The normalized spacial score (nSPS) is 46.9. The molecule has 2 heterocycles. The highest BCUT2D eigenvalue weighted by Crippen LogP contribution is 2.40. The monoisotopic (exact) mass is 410 g/mol. The first kappa shape index (κ1) is 23.9. The van der Waals surface area contributed by atoms with Gasteiger partial charge in [0, 0.05) is 28.4 Å². The lowest BCUT2D eigenvalue weighted by Crippen LogP contribution is -2.68. The van der Waals surface area contributed by atoms with Gasteiger partial charge in [0.15, 0.2) is 0 Å². The van der Waals surface area contributed by atoms with E-state index in [1.54, 1.807) is 27.7 Å². The molecule has 0 aromatic carbocycles. The molecule has 2 aliphatic heterocycles. The summed E-state index contributed by atoms with van der Waals surface area (Å²) in [5.41, 5.74) is 0. The summed E-state index contributed by atoms with van der Waals surface area (Å²) < 4.78 is 44.9. The van der Waals surface area contributed by atoms with E-state index in [1.165, 1.54) is 28.4 Å². The molecular formula is C18H34O10. The van der Waals surface area contributed by atoms with Gasteiger partial charge in [-0.05, 0) is 27.7 Å². The molecule has 0 aromatic heterocycles. The van der Waals surface area contributed by atoms with Gasteiger partial charge in [-0.15, -0.1) is 0 Å². The van der Waals surface area contributed by atoms with Crippen LogP contribution < -0.4 is 0 Å². The van der Waals surface area contributed by atoms with E-state index in [9.17, 15) is 10.2 Å². The Labute approximate surface area is 165 Å². The molecule has 166 valence electrons. The van der Waals surface area contributed by atoms with Crippen molar-refractivity contribution in [1.29, 1.82) is 0 Å². The van der Waals surface area contributed by atoms with E-state index in [0.29, 0.717) is 0 Å². The molecule has 10 heteroatoms. The Morgan fingerprint density at radius 2 is 0.929 bits per heavy atom. The van der Waals surface area contributed by atoms with Gasteiger partial charge in [-0.1, -0.05) is 0 Å². The van der Waals surface area contributed by atoms with Gasteiger partial charge in [-0.25, -0.2) is 0 Å². The number of aliphatic hydroxyl groups is 2. The molecule has 0 aromatic rings. The second-order valence-corrected chi connectivity index (χ2v) is 7.52. The lowest BCUT2D eigenvalue weighted by atomic mass is 9.98. The summed E-state index contributed by atoms with van der Waals surface area (Å²) in [5, 5.41) is 21.5. The van der Waals surface area contributed by atoms with Crippen LogP contribution in [0.15, 0.2) is 0 Å². The molecule has 0 spiro atoms. The predicted octanol–water partition coefficient (Wildman–Crippen LogP) is -0.0106. The van der Waals surface area contributed by atoms with Crippen molar-refractivity contribution >= 4 is 0 Å². The molecule has 0 radical (unpaired) electrons. The second kappa shape index (κ2) is 8.38. The fraction of sp³-hybridized carbons (Fsp3) is 1.00. The van der Waals surface area contributed by atoms with Crippen LogP contribution in [0.5, 0.6) is 0 Å². The van der Waals surface area contributed by atoms with Crippen LogP contribution in [0.2, 0.25) is 0 Å². The minimum absolute atomic E-state index is 0.0214. The van der Waals surface area contributed by atoms with E-state index in [0.717, 1.165) is 0 Å². The summed E-state index contributed by atoms with van der Waals surface area (Å²) in [5.74, 6) is -4.96. The van der Waals surface area contributed by atoms with Crippen molar-refractivity contribution in [2.75, 3.05) is 41.7 Å². The first-order valence-electron chi connectivity index (χ1n) is 9.15. The molecule has 2 aliphatic rings. The number of ether oxygens (including phenoxy) is 8. The highest BCUT2D eigenvalue weighted by atomic mass is 16.8. The zero-order chi connectivity index (χ0) is 21.4. The molecule has 2 N–H and O–H groups in total. The lowest BCUT2D eigenvalue weighted by Gasteiger charge is -2.52. The molecule has 0 bridgehead atoms. The van der Waals surface area contributed by atoms with E-state index in [1.807, 2.05) is 0 Å². The largest absolute Gasteiger partial charge is 0.387 e. The van der Waals surface area contributed by atoms with Crippen molar-refractivity contribution in [3.05, 3.63) is 0 Å². The van der Waals surface area contributed by atoms with E-state index in [-0.39, 0.29) is 13.2 Å². The van der Waals surface area contributed by atoms with E-state index >= 15 is 0 Å². The summed E-state index contributed by atoms with van der Waals surface area (Å²) in [6, 6.07) is 0. The zero-order valence-electron chi connectivity index (χ0n) is 17.9. The van der Waals surface area contributed by atoms with Gasteiger partial charge in [0.05, 0.1) is 13.2 Å². The van der Waals surface area contributed by atoms with Crippen molar-refractivity contribution in [3.8, 4) is 0 Å². The third-order valence-electron chi connectivity index (χ3n) is 6.12. The van der Waals surface area contributed by atoms with Crippen LogP contribution in [-0.2, 0) is 37.9 Å². The number of rotatable bonds is 7. The highest BCUT2D eigenvalue weighted by molar-refractivity contribution is 4.95. The third kappa shape index (κ3) is 3.83. The van der Waals surface area contributed by atoms with Crippen molar-refractivity contribution in [2.24, 2.45) is 0 Å². The summed E-state index contributed by atoms with van der Waals surface area (Å²) in [4.78, 5) is 0. The summed E-state index contributed by atoms with van der Waals surface area (Å²) in [7, 11) is 5.83. The molecule has 8 atom stereocenters. The fourth-order valence-corrected chi connectivity index (χ4v) is 3.34. The molecule has 0 aliphatic carbocycles. The number of aliphatic hydroxyl groups excluding tert-OH is 2. The Bertz CT molecular complexity index is 488. The molecular weight excluding hydrogens is 376 g/mol. The zero-order valence-corrected chi connectivity index (χ0v) is 17.9. The average molecular weight is 410 g/mol. The van der Waals surface area contributed by atoms with Crippen molar-refractivity contribution in [1.82, 2.24) is 0 Å². The Morgan fingerprint density at radius 3 is 1.18 bits per heavy atom. The Kier molecular flexibility index (Phi) is 7.15. The van der Waals surface area contributed by atoms with Gasteiger partial charge >= 0.3 is 0 Å². The smallest absolute Gasteiger partial charge is 0.220 e. The maximum Gasteiger partial charge on any atom is 0.220 e. The van der Waals surface area contributed by atoms with Gasteiger partial charge in [0.1, 0.15) is 24.4 Å². The Balaban J connectivity index is 2.12. The van der Waals surface area contributed by atoms with Crippen molar-refractivity contribution < 1.29 is 48.1 Å². The van der Waals surface area contributed by atoms with Gasteiger partial charge in [-0.2, -0.15) is 0 Å². The molecule has 0 saturated carbocycles. The lowest BCUT2D eigenvalue weighted by molar-refractivity contribution is -0.449. The van der Waals surface area contributed by atoms with Crippen LogP contribution in [0.3, 0.4) is 0 Å². The van der Waals surface area contributed by atoms with E-state index in [2.05, 4.69) is 0 Å². The molecule has 0 unspecified atom stereocenters. The molecule has 28 heavy (non-hydrogen) atoms. The summed E-state index contributed by atoms with van der Waals surface area (Å²) in [6.07, 6.45) is -4.48. The third-order valence-corrected chi connectivity index (χ3v) is 6.12. The molecule has 2 saturated heterocycles. The summed E-state index contributed by atoms with van der Waals surface area (Å²) in [6.45, 7) is 6.56. The topological polar surface area (TPSA) is 114 Å². The maximum absolute atomic E-state index is 10.7. The second-order valence-electron chi connectivity index (χ2n) is 7.52. The predicted molar refractivity (Wildman–Crippen MR) is 95.3 cm³/mol. The van der Waals surface area contributed by atoms with Gasteiger partial charge in [0.25, 0.3) is 0 Å². The molecule has 2 rings (SSSR count). The first-order chi connectivity index (χ1) is 12.9. The van der Waals surface area contributed by atoms with Crippen LogP contribution in [0.4, 0.5) is 0 Å². The molecule has 0 amide bonds. The minimum atomic E-state index is -1.35. The number of hydrogen-bond donors (Lipinski definition) is 2. The summed E-state index contributed by atoms with van der Waals surface area (Å²) >= 11 is 0. The van der Waals surface area contributed by atoms with Crippen LogP contribution in [-0.4, -0.2) is 99.4 Å². The van der Waals surface area contributed by atoms with Crippen LogP contribution in [0.25, 0.3) is 0 Å². The van der Waals surface area contributed by atoms with Crippen LogP contribution in [0, 0.1) is 0 Å². The maximum atomic E-state index is 10.7. The molecule has 2 fully saturated rings. The van der Waals surface area contributed by atoms with Crippen molar-refractivity contribution in [3.63, 3.8) is 0 Å². The fourth-order valence-electron chi connectivity index (χ4n) is 3.34. The van der Waals surface area contributed by atoms with Crippen LogP contribution >= 0.6 is 0 Å². The van der Waals surface area contributed by atoms with Gasteiger partial charge < -0.3 is 48.1 Å². The standard InChI is InChI=1S/C18H34O10/c1-15(21-5)17(3,23-7)27-11(9-25-15)13(19)14(20)12-10-26-16(2,22-6)18(4,24-8)28-12/h11-14,19-20H,9-10H2,1-8H3/t11-,12-,13-,14-,15-,16-,17-,18-/m1/s1. The Hall–Kier alpha value is -0.400.